The Morgan fingerprint density at radius 1 is 1.21 bits per heavy atom. The largest absolute Gasteiger partial charge is 0.302 e. The molecule has 2 aromatic heterocycles. The molecule has 0 aliphatic carbocycles. The van der Waals surface area contributed by atoms with Gasteiger partial charge < -0.3 is 5.32 Å². The van der Waals surface area contributed by atoms with Crippen LogP contribution in [0.15, 0.2) is 48.8 Å². The maximum absolute atomic E-state index is 11.9. The van der Waals surface area contributed by atoms with Gasteiger partial charge in [0.15, 0.2) is 5.13 Å². The van der Waals surface area contributed by atoms with Gasteiger partial charge in [-0.1, -0.05) is 29.5 Å². The number of hydrogen-bond acceptors (Lipinski definition) is 4. The Balaban J connectivity index is 1.72. The van der Waals surface area contributed by atoms with E-state index in [1.165, 1.54) is 11.3 Å². The quantitative estimate of drug-likeness (QED) is 0.795. The molecule has 1 aromatic carbocycles. The van der Waals surface area contributed by atoms with E-state index in [9.17, 15) is 4.79 Å². The Morgan fingerprint density at radius 3 is 2.89 bits per heavy atom. The van der Waals surface area contributed by atoms with E-state index >= 15 is 0 Å². The van der Waals surface area contributed by atoms with Crippen molar-refractivity contribution in [1.29, 1.82) is 0 Å². The fraction of sp³-hybridized carbons (Fsp3) is 0.0714. The summed E-state index contributed by atoms with van der Waals surface area (Å²) in [4.78, 5) is 20.2. The van der Waals surface area contributed by atoms with E-state index in [0.29, 0.717) is 11.6 Å². The van der Waals surface area contributed by atoms with E-state index in [1.54, 1.807) is 12.4 Å². The molecule has 3 aromatic rings. The van der Waals surface area contributed by atoms with Gasteiger partial charge in [-0.05, 0) is 23.8 Å². The molecule has 1 amide bonds. The second kappa shape index (κ2) is 5.16. The number of nitrogens with zero attached hydrogens (tertiary/aromatic N) is 2. The molecule has 5 heteroatoms. The monoisotopic (exact) mass is 269 g/mol. The van der Waals surface area contributed by atoms with Crippen LogP contribution in [0.5, 0.6) is 0 Å². The zero-order valence-electron chi connectivity index (χ0n) is 10.0. The third-order valence-corrected chi connectivity index (χ3v) is 3.58. The number of para-hydroxylation sites is 1. The molecule has 0 aliphatic heterocycles. The van der Waals surface area contributed by atoms with Gasteiger partial charge in [0.05, 0.1) is 16.6 Å². The number of carbonyl (C=O) groups is 1. The number of anilines is 1. The Morgan fingerprint density at radius 2 is 2.11 bits per heavy atom. The first-order valence-corrected chi connectivity index (χ1v) is 6.67. The molecular weight excluding hydrogens is 258 g/mol. The Labute approximate surface area is 114 Å². The second-order valence-electron chi connectivity index (χ2n) is 4.07. The average Bonchev–Trinajstić information content (AvgIpc) is 2.81. The summed E-state index contributed by atoms with van der Waals surface area (Å²) in [6, 6.07) is 11.5. The molecule has 19 heavy (non-hydrogen) atoms. The summed E-state index contributed by atoms with van der Waals surface area (Å²) in [7, 11) is 0. The predicted octanol–water partition coefficient (Wildman–Crippen LogP) is 2.87. The van der Waals surface area contributed by atoms with Crippen molar-refractivity contribution in [3.05, 3.63) is 54.4 Å². The van der Waals surface area contributed by atoms with Crippen molar-refractivity contribution in [2.24, 2.45) is 0 Å². The molecule has 0 unspecified atom stereocenters. The van der Waals surface area contributed by atoms with Crippen LogP contribution >= 0.6 is 11.3 Å². The fourth-order valence-electron chi connectivity index (χ4n) is 1.78. The number of aromatic nitrogens is 2. The normalized spacial score (nSPS) is 10.5. The van der Waals surface area contributed by atoms with Crippen molar-refractivity contribution in [3.8, 4) is 0 Å². The van der Waals surface area contributed by atoms with Crippen molar-refractivity contribution in [3.63, 3.8) is 0 Å². The highest BCUT2D eigenvalue weighted by Gasteiger charge is 2.08. The Bertz CT molecular complexity index is 676. The minimum Gasteiger partial charge on any atom is -0.302 e. The molecule has 0 bridgehead atoms. The van der Waals surface area contributed by atoms with Crippen molar-refractivity contribution in [2.75, 3.05) is 5.32 Å². The van der Waals surface area contributed by atoms with Gasteiger partial charge in [-0.2, -0.15) is 0 Å². The lowest BCUT2D eigenvalue weighted by Gasteiger charge is -2.00. The number of fused-ring (bicyclic) bond motifs is 1. The smallest absolute Gasteiger partial charge is 0.230 e. The minimum absolute atomic E-state index is 0.0768. The molecule has 4 nitrogen and oxygen atoms in total. The summed E-state index contributed by atoms with van der Waals surface area (Å²) in [5.74, 6) is -0.0768. The first-order chi connectivity index (χ1) is 9.31. The van der Waals surface area contributed by atoms with Crippen LogP contribution in [0.3, 0.4) is 0 Å². The summed E-state index contributed by atoms with van der Waals surface area (Å²) >= 11 is 1.48. The molecule has 94 valence electrons. The number of hydrogen-bond donors (Lipinski definition) is 1. The SMILES string of the molecule is O=C(Cc1cccnc1)Nc1nc2ccccc2s1. The third-order valence-electron chi connectivity index (χ3n) is 2.63. The van der Waals surface area contributed by atoms with E-state index < -0.39 is 0 Å². The molecule has 0 saturated heterocycles. The van der Waals surface area contributed by atoms with E-state index in [1.807, 2.05) is 36.4 Å². The molecule has 0 aliphatic rings. The molecule has 0 fully saturated rings. The van der Waals surface area contributed by atoms with Gasteiger partial charge in [0.1, 0.15) is 0 Å². The van der Waals surface area contributed by atoms with Crippen LogP contribution in [0.2, 0.25) is 0 Å². The highest BCUT2D eigenvalue weighted by molar-refractivity contribution is 7.22. The van der Waals surface area contributed by atoms with Gasteiger partial charge in [0, 0.05) is 12.4 Å². The summed E-state index contributed by atoms with van der Waals surface area (Å²) in [6.45, 7) is 0. The lowest BCUT2D eigenvalue weighted by molar-refractivity contribution is -0.115. The standard InChI is InChI=1S/C14H11N3OS/c18-13(8-10-4-3-7-15-9-10)17-14-16-11-5-1-2-6-12(11)19-14/h1-7,9H,8H2,(H,16,17,18). The lowest BCUT2D eigenvalue weighted by atomic mass is 10.2. The highest BCUT2D eigenvalue weighted by Crippen LogP contribution is 2.25. The van der Waals surface area contributed by atoms with Crippen molar-refractivity contribution in [1.82, 2.24) is 9.97 Å². The number of rotatable bonds is 3. The molecule has 1 N–H and O–H groups in total. The van der Waals surface area contributed by atoms with E-state index in [-0.39, 0.29) is 5.91 Å². The molecule has 2 heterocycles. The van der Waals surface area contributed by atoms with Crippen molar-refractivity contribution >= 4 is 32.6 Å². The van der Waals surface area contributed by atoms with Crippen LogP contribution in [0.25, 0.3) is 10.2 Å². The van der Waals surface area contributed by atoms with Crippen molar-refractivity contribution < 1.29 is 4.79 Å². The average molecular weight is 269 g/mol. The molecule has 0 radical (unpaired) electrons. The summed E-state index contributed by atoms with van der Waals surface area (Å²) in [6.07, 6.45) is 3.69. The number of thiazole rings is 1. The number of benzene rings is 1. The zero-order valence-corrected chi connectivity index (χ0v) is 10.9. The Hall–Kier alpha value is -2.27. The van der Waals surface area contributed by atoms with Crippen molar-refractivity contribution in [2.45, 2.75) is 6.42 Å². The van der Waals surface area contributed by atoms with Crippen LogP contribution < -0.4 is 5.32 Å². The summed E-state index contributed by atoms with van der Waals surface area (Å²) in [5, 5.41) is 3.45. The van der Waals surface area contributed by atoms with Gasteiger partial charge in [0.2, 0.25) is 5.91 Å². The number of carbonyl (C=O) groups excluding carboxylic acids is 1. The van der Waals surface area contributed by atoms with Gasteiger partial charge in [-0.25, -0.2) is 4.98 Å². The number of amides is 1. The number of nitrogens with one attached hydrogen (secondary N) is 1. The molecule has 0 saturated carbocycles. The molecular formula is C14H11N3OS. The van der Waals surface area contributed by atoms with Gasteiger partial charge in [-0.15, -0.1) is 0 Å². The van der Waals surface area contributed by atoms with E-state index in [4.69, 9.17) is 0 Å². The minimum atomic E-state index is -0.0768. The first kappa shape index (κ1) is 11.8. The third kappa shape index (κ3) is 2.77. The van der Waals surface area contributed by atoms with Gasteiger partial charge in [-0.3, -0.25) is 9.78 Å². The topological polar surface area (TPSA) is 54.9 Å². The van der Waals surface area contributed by atoms with Gasteiger partial charge in [0.25, 0.3) is 0 Å². The maximum atomic E-state index is 11.9. The maximum Gasteiger partial charge on any atom is 0.230 e. The summed E-state index contributed by atoms with van der Waals surface area (Å²) in [5.41, 5.74) is 1.80. The van der Waals surface area contributed by atoms with Crippen LogP contribution in [0, 0.1) is 0 Å². The first-order valence-electron chi connectivity index (χ1n) is 5.85. The zero-order chi connectivity index (χ0) is 13.1. The highest BCUT2D eigenvalue weighted by atomic mass is 32.1. The molecule has 3 rings (SSSR count). The molecule has 0 spiro atoms. The predicted molar refractivity (Wildman–Crippen MR) is 76.2 cm³/mol. The second-order valence-corrected chi connectivity index (χ2v) is 5.10. The van der Waals surface area contributed by atoms with Crippen LogP contribution in [0.1, 0.15) is 5.56 Å². The van der Waals surface area contributed by atoms with Crippen LogP contribution in [0.4, 0.5) is 5.13 Å². The van der Waals surface area contributed by atoms with E-state index in [2.05, 4.69) is 15.3 Å². The summed E-state index contributed by atoms with van der Waals surface area (Å²) < 4.78 is 1.07. The Kier molecular flexibility index (Phi) is 3.20. The fourth-order valence-corrected chi connectivity index (χ4v) is 2.66. The number of pyridine rings is 1. The van der Waals surface area contributed by atoms with Crippen LogP contribution in [-0.2, 0) is 11.2 Å². The molecule has 0 atom stereocenters. The van der Waals surface area contributed by atoms with Crippen LogP contribution in [-0.4, -0.2) is 15.9 Å². The van der Waals surface area contributed by atoms with Gasteiger partial charge >= 0.3 is 0 Å². The lowest BCUT2D eigenvalue weighted by Crippen LogP contribution is -2.14. The van der Waals surface area contributed by atoms with E-state index in [0.717, 1.165) is 15.8 Å².